The lowest BCUT2D eigenvalue weighted by atomic mass is 10.0. The molecular weight excluding hydrogens is 230 g/mol. The van der Waals surface area contributed by atoms with E-state index in [1.54, 1.807) is 13.2 Å². The summed E-state index contributed by atoms with van der Waals surface area (Å²) in [6, 6.07) is 1.77. The quantitative estimate of drug-likeness (QED) is 0.818. The molecule has 1 atom stereocenters. The molecule has 2 rings (SSSR count). The van der Waals surface area contributed by atoms with Crippen LogP contribution in [-0.2, 0) is 4.79 Å². The molecule has 1 aliphatic heterocycles. The SMILES string of the molecule is CNC(=O)C1CCCCN1c1nccnc1C#N. The van der Waals surface area contributed by atoms with Gasteiger partial charge in [-0.1, -0.05) is 0 Å². The number of hydrogen-bond donors (Lipinski definition) is 1. The lowest BCUT2D eigenvalue weighted by Gasteiger charge is -2.35. The number of amides is 1. The third kappa shape index (κ3) is 2.25. The number of likely N-dealkylation sites (N-methyl/N-ethyl adjacent to an activating group) is 1. The summed E-state index contributed by atoms with van der Waals surface area (Å²) in [5, 5.41) is 11.7. The van der Waals surface area contributed by atoms with Crippen molar-refractivity contribution < 1.29 is 4.79 Å². The monoisotopic (exact) mass is 245 g/mol. The molecule has 2 heterocycles. The predicted molar refractivity (Wildman–Crippen MR) is 65.8 cm³/mol. The maximum absolute atomic E-state index is 11.9. The van der Waals surface area contributed by atoms with Crippen molar-refractivity contribution in [1.29, 1.82) is 5.26 Å². The topological polar surface area (TPSA) is 81.9 Å². The normalized spacial score (nSPS) is 19.1. The zero-order valence-corrected chi connectivity index (χ0v) is 10.3. The third-order valence-electron chi connectivity index (χ3n) is 3.11. The van der Waals surface area contributed by atoms with Crippen molar-refractivity contribution >= 4 is 11.7 Å². The molecule has 1 unspecified atom stereocenters. The first-order chi connectivity index (χ1) is 8.77. The first-order valence-corrected chi connectivity index (χ1v) is 5.97. The predicted octanol–water partition coefficient (Wildman–Crippen LogP) is 0.453. The summed E-state index contributed by atoms with van der Waals surface area (Å²) >= 11 is 0. The number of carbonyl (C=O) groups is 1. The molecule has 0 saturated carbocycles. The average molecular weight is 245 g/mol. The Morgan fingerprint density at radius 1 is 1.50 bits per heavy atom. The van der Waals surface area contributed by atoms with Crippen LogP contribution in [0.5, 0.6) is 0 Å². The molecule has 0 bridgehead atoms. The number of carbonyl (C=O) groups excluding carboxylic acids is 1. The number of rotatable bonds is 2. The summed E-state index contributed by atoms with van der Waals surface area (Å²) in [6.07, 6.45) is 5.82. The van der Waals surface area contributed by atoms with Gasteiger partial charge in [0, 0.05) is 26.0 Å². The van der Waals surface area contributed by atoms with Gasteiger partial charge in [0.25, 0.3) is 0 Å². The summed E-state index contributed by atoms with van der Waals surface area (Å²) in [5.74, 6) is 0.470. The fraction of sp³-hybridized carbons (Fsp3) is 0.500. The molecule has 0 spiro atoms. The van der Waals surface area contributed by atoms with Gasteiger partial charge in [0.05, 0.1) is 0 Å². The minimum absolute atomic E-state index is 0.0377. The highest BCUT2D eigenvalue weighted by Crippen LogP contribution is 2.24. The highest BCUT2D eigenvalue weighted by Gasteiger charge is 2.30. The second-order valence-corrected chi connectivity index (χ2v) is 4.16. The Balaban J connectivity index is 2.34. The molecule has 0 radical (unpaired) electrons. The lowest BCUT2D eigenvalue weighted by molar-refractivity contribution is -0.122. The second-order valence-electron chi connectivity index (χ2n) is 4.16. The summed E-state index contributed by atoms with van der Waals surface area (Å²) in [7, 11) is 1.62. The van der Waals surface area contributed by atoms with Crippen LogP contribution in [0, 0.1) is 11.3 Å². The molecule has 94 valence electrons. The van der Waals surface area contributed by atoms with Crippen LogP contribution in [0.2, 0.25) is 0 Å². The highest BCUT2D eigenvalue weighted by atomic mass is 16.2. The van der Waals surface area contributed by atoms with Crippen molar-refractivity contribution in [2.75, 3.05) is 18.5 Å². The molecule has 0 aromatic carbocycles. The van der Waals surface area contributed by atoms with Crippen LogP contribution in [-0.4, -0.2) is 35.5 Å². The van der Waals surface area contributed by atoms with Crippen LogP contribution in [0.3, 0.4) is 0 Å². The molecule has 0 aliphatic carbocycles. The average Bonchev–Trinajstić information content (AvgIpc) is 2.46. The van der Waals surface area contributed by atoms with Crippen molar-refractivity contribution in [2.24, 2.45) is 0 Å². The van der Waals surface area contributed by atoms with Crippen LogP contribution in [0.15, 0.2) is 12.4 Å². The van der Waals surface area contributed by atoms with E-state index in [0.29, 0.717) is 5.82 Å². The van der Waals surface area contributed by atoms with E-state index in [0.717, 1.165) is 25.8 Å². The molecular formula is C12H15N5O. The standard InChI is InChI=1S/C12H15N5O/c1-14-12(18)10-4-2-3-7-17(10)11-9(8-13)15-5-6-16-11/h5-6,10H,2-4,7H2,1H3,(H,14,18). The zero-order valence-electron chi connectivity index (χ0n) is 10.3. The maximum atomic E-state index is 11.9. The van der Waals surface area contributed by atoms with Crippen LogP contribution in [0.1, 0.15) is 25.0 Å². The van der Waals surface area contributed by atoms with Crippen molar-refractivity contribution in [3.05, 3.63) is 18.1 Å². The summed E-state index contributed by atoms with van der Waals surface area (Å²) < 4.78 is 0. The van der Waals surface area contributed by atoms with Gasteiger partial charge in [-0.15, -0.1) is 0 Å². The number of nitrogens with zero attached hydrogens (tertiary/aromatic N) is 4. The van der Waals surface area contributed by atoms with Gasteiger partial charge in [0.15, 0.2) is 11.5 Å². The minimum Gasteiger partial charge on any atom is -0.357 e. The van der Waals surface area contributed by atoms with Gasteiger partial charge in [0.1, 0.15) is 12.1 Å². The van der Waals surface area contributed by atoms with Crippen LogP contribution < -0.4 is 10.2 Å². The molecule has 6 heteroatoms. The van der Waals surface area contributed by atoms with Crippen LogP contribution >= 0.6 is 0 Å². The molecule has 1 amide bonds. The number of aromatic nitrogens is 2. The molecule has 1 aliphatic rings. The summed E-state index contributed by atoms with van der Waals surface area (Å²) in [6.45, 7) is 0.728. The number of anilines is 1. The fourth-order valence-corrected chi connectivity index (χ4v) is 2.24. The van der Waals surface area contributed by atoms with Crippen molar-refractivity contribution in [2.45, 2.75) is 25.3 Å². The lowest BCUT2D eigenvalue weighted by Crippen LogP contribution is -2.49. The van der Waals surface area contributed by atoms with Gasteiger partial charge in [0.2, 0.25) is 5.91 Å². The van der Waals surface area contributed by atoms with E-state index >= 15 is 0 Å². The Bertz CT molecular complexity index is 482. The number of piperidine rings is 1. The maximum Gasteiger partial charge on any atom is 0.242 e. The van der Waals surface area contributed by atoms with Crippen molar-refractivity contribution in [3.8, 4) is 6.07 Å². The van der Waals surface area contributed by atoms with E-state index in [4.69, 9.17) is 5.26 Å². The Morgan fingerprint density at radius 3 is 3.00 bits per heavy atom. The highest BCUT2D eigenvalue weighted by molar-refractivity contribution is 5.85. The van der Waals surface area contributed by atoms with Crippen molar-refractivity contribution in [1.82, 2.24) is 15.3 Å². The number of nitriles is 1. The van der Waals surface area contributed by atoms with Crippen LogP contribution in [0.4, 0.5) is 5.82 Å². The van der Waals surface area contributed by atoms with E-state index in [1.165, 1.54) is 6.20 Å². The first kappa shape index (κ1) is 12.3. The van der Waals surface area contributed by atoms with E-state index in [2.05, 4.69) is 15.3 Å². The minimum atomic E-state index is -0.257. The van der Waals surface area contributed by atoms with E-state index < -0.39 is 0 Å². The third-order valence-corrected chi connectivity index (χ3v) is 3.11. The summed E-state index contributed by atoms with van der Waals surface area (Å²) in [5.41, 5.74) is 0.272. The Labute approximate surface area is 106 Å². The Hall–Kier alpha value is -2.16. The van der Waals surface area contributed by atoms with E-state index in [9.17, 15) is 4.79 Å². The van der Waals surface area contributed by atoms with Crippen molar-refractivity contribution in [3.63, 3.8) is 0 Å². The molecule has 1 saturated heterocycles. The Kier molecular flexibility index (Phi) is 3.72. The number of hydrogen-bond acceptors (Lipinski definition) is 5. The molecule has 1 fully saturated rings. The van der Waals surface area contributed by atoms with Gasteiger partial charge in [-0.25, -0.2) is 9.97 Å². The first-order valence-electron chi connectivity index (χ1n) is 5.97. The largest absolute Gasteiger partial charge is 0.357 e. The Morgan fingerprint density at radius 2 is 2.28 bits per heavy atom. The van der Waals surface area contributed by atoms with Gasteiger partial charge < -0.3 is 10.2 Å². The molecule has 1 aromatic rings. The van der Waals surface area contributed by atoms with Gasteiger partial charge in [-0.05, 0) is 19.3 Å². The second kappa shape index (κ2) is 5.45. The fourth-order valence-electron chi connectivity index (χ4n) is 2.24. The van der Waals surface area contributed by atoms with Crippen LogP contribution in [0.25, 0.3) is 0 Å². The zero-order chi connectivity index (χ0) is 13.0. The molecule has 1 N–H and O–H groups in total. The number of nitrogens with one attached hydrogen (secondary N) is 1. The molecule has 1 aromatic heterocycles. The van der Waals surface area contributed by atoms with Gasteiger partial charge in [-0.3, -0.25) is 4.79 Å². The molecule has 6 nitrogen and oxygen atoms in total. The van der Waals surface area contributed by atoms with Gasteiger partial charge >= 0.3 is 0 Å². The molecule has 18 heavy (non-hydrogen) atoms. The van der Waals surface area contributed by atoms with E-state index in [-0.39, 0.29) is 17.6 Å². The van der Waals surface area contributed by atoms with E-state index in [1.807, 2.05) is 11.0 Å². The summed E-state index contributed by atoms with van der Waals surface area (Å²) in [4.78, 5) is 21.9. The van der Waals surface area contributed by atoms with Gasteiger partial charge in [-0.2, -0.15) is 5.26 Å². The smallest absolute Gasteiger partial charge is 0.242 e.